The van der Waals surface area contributed by atoms with Crippen LogP contribution in [-0.2, 0) is 17.2 Å². The van der Waals surface area contributed by atoms with E-state index in [2.05, 4.69) is 29.8 Å². The highest BCUT2D eigenvalue weighted by atomic mass is 16.5. The van der Waals surface area contributed by atoms with Gasteiger partial charge in [-0.25, -0.2) is 4.98 Å². The van der Waals surface area contributed by atoms with Crippen LogP contribution in [0.25, 0.3) is 11.0 Å². The maximum absolute atomic E-state index is 9.36. The molecule has 19 heavy (non-hydrogen) atoms. The van der Waals surface area contributed by atoms with Gasteiger partial charge in [-0.2, -0.15) is 5.26 Å². The maximum atomic E-state index is 9.36. The van der Waals surface area contributed by atoms with Gasteiger partial charge in [-0.05, 0) is 30.5 Å². The molecule has 4 nitrogen and oxygen atoms in total. The minimum atomic E-state index is -0.453. The van der Waals surface area contributed by atoms with Crippen molar-refractivity contribution in [3.05, 3.63) is 29.6 Å². The Bertz CT molecular complexity index is 702. The summed E-state index contributed by atoms with van der Waals surface area (Å²) in [7, 11) is 2.08. The Morgan fingerprint density at radius 3 is 2.79 bits per heavy atom. The van der Waals surface area contributed by atoms with Crippen LogP contribution in [0.2, 0.25) is 0 Å². The molecule has 1 saturated carbocycles. The highest BCUT2D eigenvalue weighted by Crippen LogP contribution is 2.41. The summed E-state index contributed by atoms with van der Waals surface area (Å²) in [6.45, 7) is 0.995. The third-order valence-corrected chi connectivity index (χ3v) is 4.32. The second-order valence-corrected chi connectivity index (χ2v) is 5.69. The molecule has 2 fully saturated rings. The number of nitriles is 1. The molecule has 4 heteroatoms. The largest absolute Gasteiger partial charge is 0.377 e. The first-order valence-corrected chi connectivity index (χ1v) is 6.69. The quantitative estimate of drug-likeness (QED) is 0.824. The second kappa shape index (κ2) is 3.58. The van der Waals surface area contributed by atoms with Crippen molar-refractivity contribution in [3.63, 3.8) is 0 Å². The third-order valence-electron chi connectivity index (χ3n) is 4.32. The number of imidazole rings is 1. The molecular weight excluding hydrogens is 238 g/mol. The Labute approximate surface area is 111 Å². The molecule has 0 spiro atoms. The van der Waals surface area contributed by atoms with Crippen LogP contribution in [0.1, 0.15) is 30.1 Å². The summed E-state index contributed by atoms with van der Waals surface area (Å²) in [6, 6.07) is 8.59. The lowest BCUT2D eigenvalue weighted by Gasteiger charge is -2.35. The highest BCUT2D eigenvalue weighted by Gasteiger charge is 2.41. The Morgan fingerprint density at radius 2 is 2.21 bits per heavy atom. The lowest BCUT2D eigenvalue weighted by Crippen LogP contribution is -2.45. The third kappa shape index (κ3) is 1.45. The number of hydrogen-bond acceptors (Lipinski definition) is 3. The summed E-state index contributed by atoms with van der Waals surface area (Å²) in [5.41, 5.74) is 2.74. The van der Waals surface area contributed by atoms with Crippen molar-refractivity contribution in [2.24, 2.45) is 7.05 Å². The van der Waals surface area contributed by atoms with Crippen LogP contribution in [0.4, 0.5) is 0 Å². The molecular formula is C15H15N3O. The molecule has 4 rings (SSSR count). The summed E-state index contributed by atoms with van der Waals surface area (Å²) < 4.78 is 7.41. The van der Waals surface area contributed by atoms with Gasteiger partial charge in [0.2, 0.25) is 0 Å². The molecule has 1 aromatic carbocycles. The van der Waals surface area contributed by atoms with E-state index < -0.39 is 5.41 Å². The van der Waals surface area contributed by atoms with Gasteiger partial charge in [0.1, 0.15) is 11.2 Å². The minimum absolute atomic E-state index is 0.453. The topological polar surface area (TPSA) is 50.8 Å². The van der Waals surface area contributed by atoms with Gasteiger partial charge in [-0.3, -0.25) is 0 Å². The first kappa shape index (κ1) is 11.0. The number of rotatable bonds is 2. The summed E-state index contributed by atoms with van der Waals surface area (Å²) in [6.07, 6.45) is 2.50. The predicted octanol–water partition coefficient (Wildman–Crippen LogP) is 2.24. The van der Waals surface area contributed by atoms with E-state index in [1.165, 1.54) is 18.7 Å². The summed E-state index contributed by atoms with van der Waals surface area (Å²) in [5, 5.41) is 9.36. The number of hydrogen-bond donors (Lipinski definition) is 0. The lowest BCUT2D eigenvalue weighted by molar-refractivity contribution is -0.0297. The van der Waals surface area contributed by atoms with Crippen molar-refractivity contribution in [1.29, 1.82) is 5.26 Å². The number of benzene rings is 1. The molecule has 1 aliphatic heterocycles. The molecule has 0 atom stereocenters. The van der Waals surface area contributed by atoms with E-state index in [9.17, 15) is 5.26 Å². The number of aromatic nitrogens is 2. The fraction of sp³-hybridized carbons (Fsp3) is 0.467. The number of ether oxygens (including phenoxy) is 1. The molecule has 0 N–H and O–H groups in total. The van der Waals surface area contributed by atoms with Crippen LogP contribution >= 0.6 is 0 Å². The SMILES string of the molecule is Cn1c(C2CC2)nc2cc(C3(C#N)COC3)ccc21. The minimum Gasteiger partial charge on any atom is -0.377 e. The van der Waals surface area contributed by atoms with E-state index in [0.29, 0.717) is 19.1 Å². The number of aryl methyl sites for hydroxylation is 1. The molecule has 2 aromatic rings. The maximum Gasteiger partial charge on any atom is 0.129 e. The molecule has 2 aliphatic rings. The van der Waals surface area contributed by atoms with Crippen LogP contribution in [0, 0.1) is 11.3 Å². The standard InChI is InChI=1S/C15H15N3O/c1-18-13-5-4-11(15(7-16)8-19-9-15)6-12(13)17-14(18)10-2-3-10/h4-6,10H,2-3,8-9H2,1H3. The van der Waals surface area contributed by atoms with E-state index in [-0.39, 0.29) is 0 Å². The fourth-order valence-electron chi connectivity index (χ4n) is 2.82. The van der Waals surface area contributed by atoms with Gasteiger partial charge in [0.15, 0.2) is 0 Å². The van der Waals surface area contributed by atoms with Crippen molar-refractivity contribution in [1.82, 2.24) is 9.55 Å². The zero-order valence-corrected chi connectivity index (χ0v) is 10.9. The van der Waals surface area contributed by atoms with Crippen LogP contribution < -0.4 is 0 Å². The fourth-order valence-corrected chi connectivity index (χ4v) is 2.82. The molecule has 0 bridgehead atoms. The van der Waals surface area contributed by atoms with E-state index >= 15 is 0 Å². The first-order valence-electron chi connectivity index (χ1n) is 6.69. The van der Waals surface area contributed by atoms with Gasteiger partial charge in [0.05, 0.1) is 30.3 Å². The molecule has 1 aliphatic carbocycles. The zero-order chi connectivity index (χ0) is 13.0. The molecule has 0 radical (unpaired) electrons. The first-order chi connectivity index (χ1) is 9.23. The van der Waals surface area contributed by atoms with Crippen molar-refractivity contribution >= 4 is 11.0 Å². The molecule has 1 saturated heterocycles. The zero-order valence-electron chi connectivity index (χ0n) is 10.9. The van der Waals surface area contributed by atoms with E-state index in [0.717, 1.165) is 16.6 Å². The van der Waals surface area contributed by atoms with E-state index in [4.69, 9.17) is 9.72 Å². The molecule has 0 amide bonds. The monoisotopic (exact) mass is 253 g/mol. The number of fused-ring (bicyclic) bond motifs is 1. The smallest absolute Gasteiger partial charge is 0.129 e. The van der Waals surface area contributed by atoms with Crippen LogP contribution in [0.5, 0.6) is 0 Å². The summed E-state index contributed by atoms with van der Waals surface area (Å²) in [5.74, 6) is 1.82. The van der Waals surface area contributed by atoms with Crippen molar-refractivity contribution < 1.29 is 4.74 Å². The Hall–Kier alpha value is -1.86. The van der Waals surface area contributed by atoms with Crippen molar-refractivity contribution in [2.45, 2.75) is 24.2 Å². The predicted molar refractivity (Wildman–Crippen MR) is 70.8 cm³/mol. The second-order valence-electron chi connectivity index (χ2n) is 5.69. The van der Waals surface area contributed by atoms with Gasteiger partial charge < -0.3 is 9.30 Å². The highest BCUT2D eigenvalue weighted by molar-refractivity contribution is 5.77. The average Bonchev–Trinajstić information content (AvgIpc) is 3.15. The molecule has 2 heterocycles. The van der Waals surface area contributed by atoms with E-state index in [1.807, 2.05) is 6.07 Å². The molecule has 96 valence electrons. The van der Waals surface area contributed by atoms with Gasteiger partial charge in [-0.1, -0.05) is 6.07 Å². The lowest BCUT2D eigenvalue weighted by atomic mass is 9.80. The normalized spacial score (nSPS) is 21.1. The Morgan fingerprint density at radius 1 is 1.42 bits per heavy atom. The molecule has 0 unspecified atom stereocenters. The summed E-state index contributed by atoms with van der Waals surface area (Å²) >= 11 is 0. The Kier molecular flexibility index (Phi) is 2.07. The van der Waals surface area contributed by atoms with E-state index in [1.54, 1.807) is 0 Å². The van der Waals surface area contributed by atoms with Gasteiger partial charge >= 0.3 is 0 Å². The van der Waals surface area contributed by atoms with Gasteiger partial charge in [0.25, 0.3) is 0 Å². The average molecular weight is 253 g/mol. The van der Waals surface area contributed by atoms with Crippen molar-refractivity contribution in [3.8, 4) is 6.07 Å². The van der Waals surface area contributed by atoms with Crippen LogP contribution in [0.15, 0.2) is 18.2 Å². The summed E-state index contributed by atoms with van der Waals surface area (Å²) in [4.78, 5) is 4.75. The van der Waals surface area contributed by atoms with Gasteiger partial charge in [0, 0.05) is 13.0 Å². The molecule has 1 aromatic heterocycles. The number of nitrogens with zero attached hydrogens (tertiary/aromatic N) is 3. The van der Waals surface area contributed by atoms with Crippen LogP contribution in [-0.4, -0.2) is 22.8 Å². The van der Waals surface area contributed by atoms with Crippen LogP contribution in [0.3, 0.4) is 0 Å². The van der Waals surface area contributed by atoms with Crippen molar-refractivity contribution in [2.75, 3.05) is 13.2 Å². The Balaban J connectivity index is 1.85. The van der Waals surface area contributed by atoms with Gasteiger partial charge in [-0.15, -0.1) is 0 Å².